The van der Waals surface area contributed by atoms with Crippen LogP contribution in [0.25, 0.3) is 22.4 Å². The molecule has 1 aliphatic rings. The van der Waals surface area contributed by atoms with Gasteiger partial charge in [0, 0.05) is 42.4 Å². The van der Waals surface area contributed by atoms with Crippen molar-refractivity contribution in [3.63, 3.8) is 0 Å². The van der Waals surface area contributed by atoms with Crippen molar-refractivity contribution in [2.45, 2.75) is 32.2 Å². The van der Waals surface area contributed by atoms with Crippen LogP contribution < -0.4 is 0 Å². The van der Waals surface area contributed by atoms with Crippen LogP contribution in [0.15, 0.2) is 41.1 Å². The Labute approximate surface area is 130 Å². The molecule has 3 aromatic rings. The molecule has 1 fully saturated rings. The fraction of sp³-hybridized carbons (Fsp3) is 0.389. The van der Waals surface area contributed by atoms with Gasteiger partial charge in [-0.25, -0.2) is 4.98 Å². The number of aromatic amines is 1. The zero-order valence-electron chi connectivity index (χ0n) is 12.9. The van der Waals surface area contributed by atoms with Crippen molar-refractivity contribution in [3.8, 4) is 11.4 Å². The highest BCUT2D eigenvalue weighted by Gasteiger charge is 2.20. The molecule has 0 radical (unpaired) electrons. The van der Waals surface area contributed by atoms with Crippen molar-refractivity contribution in [3.05, 3.63) is 42.4 Å². The molecule has 0 unspecified atom stereocenters. The largest absolute Gasteiger partial charge is 0.461 e. The summed E-state index contributed by atoms with van der Waals surface area (Å²) in [6, 6.07) is 9.03. The topological polar surface area (TPSA) is 45.1 Å². The maximum Gasteiger partial charge on any atom is 0.138 e. The van der Waals surface area contributed by atoms with E-state index in [2.05, 4.69) is 33.9 Å². The highest BCUT2D eigenvalue weighted by atomic mass is 16.3. The van der Waals surface area contributed by atoms with Gasteiger partial charge in [0.1, 0.15) is 17.2 Å². The number of H-pyrrole nitrogens is 1. The summed E-state index contributed by atoms with van der Waals surface area (Å²) in [5, 5.41) is 1.14. The van der Waals surface area contributed by atoms with Gasteiger partial charge in [0.2, 0.25) is 0 Å². The van der Waals surface area contributed by atoms with Gasteiger partial charge in [-0.15, -0.1) is 0 Å². The van der Waals surface area contributed by atoms with E-state index in [9.17, 15) is 0 Å². The summed E-state index contributed by atoms with van der Waals surface area (Å²) < 4.78 is 6.03. The summed E-state index contributed by atoms with van der Waals surface area (Å²) in [6.07, 6.45) is 7.25. The molecular formula is C18H21N3O. The summed E-state index contributed by atoms with van der Waals surface area (Å²) in [6.45, 7) is 4.62. The quantitative estimate of drug-likeness (QED) is 0.795. The molecule has 22 heavy (non-hydrogen) atoms. The van der Waals surface area contributed by atoms with Crippen LogP contribution in [0.5, 0.6) is 0 Å². The van der Waals surface area contributed by atoms with Crippen molar-refractivity contribution in [2.75, 3.05) is 13.1 Å². The first kappa shape index (κ1) is 13.6. The van der Waals surface area contributed by atoms with E-state index in [1.165, 1.54) is 19.4 Å². The Bertz CT molecular complexity index is 760. The molecule has 0 bridgehead atoms. The highest BCUT2D eigenvalue weighted by molar-refractivity contribution is 5.92. The Morgan fingerprint density at radius 2 is 2.36 bits per heavy atom. The monoisotopic (exact) mass is 295 g/mol. The van der Waals surface area contributed by atoms with Crippen LogP contribution in [-0.2, 0) is 6.42 Å². The molecular weight excluding hydrogens is 274 g/mol. The molecule has 4 nitrogen and oxygen atoms in total. The van der Waals surface area contributed by atoms with E-state index >= 15 is 0 Å². The first-order valence-corrected chi connectivity index (χ1v) is 8.06. The zero-order valence-corrected chi connectivity index (χ0v) is 12.9. The maximum atomic E-state index is 6.03. The van der Waals surface area contributed by atoms with E-state index in [-0.39, 0.29) is 0 Å². The Hall–Kier alpha value is -2.07. The average Bonchev–Trinajstić information content (AvgIpc) is 3.25. The number of furan rings is 1. The number of benzene rings is 1. The van der Waals surface area contributed by atoms with Crippen LogP contribution in [-0.4, -0.2) is 34.0 Å². The lowest BCUT2D eigenvalue weighted by molar-refractivity contribution is 0.266. The second kappa shape index (κ2) is 5.61. The van der Waals surface area contributed by atoms with Crippen LogP contribution in [0.3, 0.4) is 0 Å². The minimum absolute atomic E-state index is 0.711. The van der Waals surface area contributed by atoms with Crippen molar-refractivity contribution >= 4 is 11.0 Å². The van der Waals surface area contributed by atoms with Gasteiger partial charge >= 0.3 is 0 Å². The Kier molecular flexibility index (Phi) is 3.47. The van der Waals surface area contributed by atoms with Gasteiger partial charge in [0.05, 0.1) is 0 Å². The lowest BCUT2D eigenvalue weighted by atomic mass is 10.1. The van der Waals surface area contributed by atoms with E-state index < -0.39 is 0 Å². The van der Waals surface area contributed by atoms with Crippen LogP contribution in [0, 0.1) is 0 Å². The predicted octanol–water partition coefficient (Wildman–Crippen LogP) is 3.85. The summed E-state index contributed by atoms with van der Waals surface area (Å²) in [7, 11) is 0. The average molecular weight is 295 g/mol. The summed E-state index contributed by atoms with van der Waals surface area (Å²) in [5.41, 5.74) is 2.05. The first-order chi connectivity index (χ1) is 10.8. The van der Waals surface area contributed by atoms with E-state index in [0.717, 1.165) is 41.1 Å². The predicted molar refractivity (Wildman–Crippen MR) is 87.8 cm³/mol. The van der Waals surface area contributed by atoms with Crippen molar-refractivity contribution < 1.29 is 4.42 Å². The molecule has 1 aliphatic heterocycles. The van der Waals surface area contributed by atoms with Gasteiger partial charge in [-0.3, -0.25) is 0 Å². The van der Waals surface area contributed by atoms with Crippen molar-refractivity contribution in [1.82, 2.24) is 14.9 Å². The number of hydrogen-bond acceptors (Lipinski definition) is 3. The number of nitrogens with zero attached hydrogens (tertiary/aromatic N) is 2. The SMILES string of the molecule is C[C@@H]1CCCN1CCc1cc2c(-c3ncc[nH]3)cccc2o1. The summed E-state index contributed by atoms with van der Waals surface area (Å²) >= 11 is 0. The molecule has 3 heterocycles. The van der Waals surface area contributed by atoms with E-state index in [1.54, 1.807) is 6.20 Å². The Balaban J connectivity index is 1.59. The second-order valence-corrected chi connectivity index (χ2v) is 6.15. The molecule has 2 aromatic heterocycles. The van der Waals surface area contributed by atoms with Crippen molar-refractivity contribution in [1.29, 1.82) is 0 Å². The fourth-order valence-corrected chi connectivity index (χ4v) is 3.43. The number of hydrogen-bond donors (Lipinski definition) is 1. The fourth-order valence-electron chi connectivity index (χ4n) is 3.43. The zero-order chi connectivity index (χ0) is 14.9. The van der Waals surface area contributed by atoms with Gasteiger partial charge in [0.15, 0.2) is 0 Å². The third-order valence-corrected chi connectivity index (χ3v) is 4.70. The molecule has 0 saturated carbocycles. The standard InChI is InChI=1S/C18H21N3O/c1-13-4-3-10-21(13)11-7-14-12-16-15(18-19-8-9-20-18)5-2-6-17(16)22-14/h2,5-6,8-9,12-13H,3-4,7,10-11H2,1H3,(H,19,20)/t13-/m1/s1. The minimum Gasteiger partial charge on any atom is -0.461 e. The minimum atomic E-state index is 0.711. The van der Waals surface area contributed by atoms with Gasteiger partial charge in [-0.05, 0) is 38.4 Å². The molecule has 1 atom stereocenters. The van der Waals surface area contributed by atoms with Gasteiger partial charge in [-0.2, -0.15) is 0 Å². The van der Waals surface area contributed by atoms with Gasteiger partial charge in [0.25, 0.3) is 0 Å². The molecule has 1 aromatic carbocycles. The molecule has 0 amide bonds. The third kappa shape index (κ3) is 2.44. The number of aromatic nitrogens is 2. The first-order valence-electron chi connectivity index (χ1n) is 8.06. The van der Waals surface area contributed by atoms with Crippen LogP contribution in [0.4, 0.5) is 0 Å². The van der Waals surface area contributed by atoms with E-state index in [0.29, 0.717) is 6.04 Å². The Morgan fingerprint density at radius 3 is 3.14 bits per heavy atom. The smallest absolute Gasteiger partial charge is 0.138 e. The number of imidazole rings is 1. The number of fused-ring (bicyclic) bond motifs is 1. The number of nitrogens with one attached hydrogen (secondary N) is 1. The van der Waals surface area contributed by atoms with Crippen LogP contribution in [0.1, 0.15) is 25.5 Å². The molecule has 1 saturated heterocycles. The highest BCUT2D eigenvalue weighted by Crippen LogP contribution is 2.29. The summed E-state index contributed by atoms with van der Waals surface area (Å²) in [5.74, 6) is 1.96. The Morgan fingerprint density at radius 1 is 1.41 bits per heavy atom. The van der Waals surface area contributed by atoms with Crippen LogP contribution in [0.2, 0.25) is 0 Å². The molecule has 4 heteroatoms. The third-order valence-electron chi connectivity index (χ3n) is 4.70. The van der Waals surface area contributed by atoms with Gasteiger partial charge in [-0.1, -0.05) is 12.1 Å². The normalized spacial score (nSPS) is 19.2. The molecule has 114 valence electrons. The number of likely N-dealkylation sites (tertiary alicyclic amines) is 1. The lowest BCUT2D eigenvalue weighted by Crippen LogP contribution is -2.28. The van der Waals surface area contributed by atoms with Gasteiger partial charge < -0.3 is 14.3 Å². The number of rotatable bonds is 4. The molecule has 1 N–H and O–H groups in total. The second-order valence-electron chi connectivity index (χ2n) is 6.15. The van der Waals surface area contributed by atoms with E-state index in [4.69, 9.17) is 4.42 Å². The molecule has 0 spiro atoms. The van der Waals surface area contributed by atoms with Crippen molar-refractivity contribution in [2.24, 2.45) is 0 Å². The molecule has 4 rings (SSSR count). The maximum absolute atomic E-state index is 6.03. The molecule has 0 aliphatic carbocycles. The van der Waals surface area contributed by atoms with E-state index in [1.807, 2.05) is 18.3 Å². The van der Waals surface area contributed by atoms with Crippen LogP contribution >= 0.6 is 0 Å². The summed E-state index contributed by atoms with van der Waals surface area (Å²) in [4.78, 5) is 10.1. The lowest BCUT2D eigenvalue weighted by Gasteiger charge is -2.19.